The number of hydrogen-bond donors (Lipinski definition) is 1. The van der Waals surface area contributed by atoms with Gasteiger partial charge in [0.1, 0.15) is 5.82 Å². The van der Waals surface area contributed by atoms with Crippen LogP contribution in [0.25, 0.3) is 0 Å². The number of carbonyl (C=O) groups excluding carboxylic acids is 1. The molecule has 4 nitrogen and oxygen atoms in total. The number of amides is 2. The highest BCUT2D eigenvalue weighted by atomic mass is 35.5. The molecule has 0 fully saturated rings. The van der Waals surface area contributed by atoms with Crippen LogP contribution in [0.15, 0.2) is 18.2 Å². The standard InChI is InChI=1S/C14H20ClFN2O2/c1-10(6-7-20-3)17-14(19)18(2)9-11-4-5-12(15)13(16)8-11/h4-5,8,10H,6-7,9H2,1-3H3,(H,17,19)/t10-/m0/s1. The molecule has 0 unspecified atom stereocenters. The van der Waals surface area contributed by atoms with Crippen LogP contribution in [-0.4, -0.2) is 37.7 Å². The van der Waals surface area contributed by atoms with E-state index in [9.17, 15) is 9.18 Å². The molecule has 2 amide bonds. The number of hydrogen-bond acceptors (Lipinski definition) is 2. The van der Waals surface area contributed by atoms with Crippen LogP contribution in [0.4, 0.5) is 9.18 Å². The summed E-state index contributed by atoms with van der Waals surface area (Å²) < 4.78 is 18.3. The van der Waals surface area contributed by atoms with Gasteiger partial charge in [-0.3, -0.25) is 0 Å². The Balaban J connectivity index is 2.50. The van der Waals surface area contributed by atoms with E-state index in [0.717, 1.165) is 6.42 Å². The smallest absolute Gasteiger partial charge is 0.317 e. The Morgan fingerprint density at radius 3 is 2.85 bits per heavy atom. The number of benzene rings is 1. The number of nitrogens with one attached hydrogen (secondary N) is 1. The van der Waals surface area contributed by atoms with Crippen molar-refractivity contribution < 1.29 is 13.9 Å². The lowest BCUT2D eigenvalue weighted by Gasteiger charge is -2.21. The Morgan fingerprint density at radius 1 is 1.55 bits per heavy atom. The van der Waals surface area contributed by atoms with Crippen molar-refractivity contribution in [2.75, 3.05) is 20.8 Å². The maximum atomic E-state index is 13.3. The van der Waals surface area contributed by atoms with E-state index in [1.165, 1.54) is 17.0 Å². The third-order valence-electron chi connectivity index (χ3n) is 2.88. The molecule has 0 saturated heterocycles. The van der Waals surface area contributed by atoms with E-state index < -0.39 is 5.82 Å². The first-order chi connectivity index (χ1) is 9.43. The van der Waals surface area contributed by atoms with E-state index in [4.69, 9.17) is 16.3 Å². The first kappa shape index (κ1) is 16.7. The molecular formula is C14H20ClFN2O2. The SMILES string of the molecule is COCC[C@H](C)NC(=O)N(C)Cc1ccc(Cl)c(F)c1. The lowest BCUT2D eigenvalue weighted by atomic mass is 10.2. The van der Waals surface area contributed by atoms with Gasteiger partial charge in [-0.2, -0.15) is 0 Å². The number of nitrogens with zero attached hydrogens (tertiary/aromatic N) is 1. The highest BCUT2D eigenvalue weighted by molar-refractivity contribution is 6.30. The van der Waals surface area contributed by atoms with Gasteiger partial charge in [-0.1, -0.05) is 17.7 Å². The zero-order valence-electron chi connectivity index (χ0n) is 12.0. The normalized spacial score (nSPS) is 12.1. The van der Waals surface area contributed by atoms with Crippen LogP contribution in [0.3, 0.4) is 0 Å². The quantitative estimate of drug-likeness (QED) is 0.877. The molecule has 112 valence electrons. The third-order valence-corrected chi connectivity index (χ3v) is 3.18. The van der Waals surface area contributed by atoms with E-state index >= 15 is 0 Å². The van der Waals surface area contributed by atoms with Crippen molar-refractivity contribution in [3.8, 4) is 0 Å². The fraction of sp³-hybridized carbons (Fsp3) is 0.500. The Kier molecular flexibility index (Phi) is 6.75. The van der Waals surface area contributed by atoms with Crippen molar-refractivity contribution in [2.24, 2.45) is 0 Å². The maximum absolute atomic E-state index is 13.3. The minimum absolute atomic E-state index is 0.0202. The second kappa shape index (κ2) is 8.07. The van der Waals surface area contributed by atoms with Gasteiger partial charge in [0.25, 0.3) is 0 Å². The number of halogens is 2. The highest BCUT2D eigenvalue weighted by Gasteiger charge is 2.12. The van der Waals surface area contributed by atoms with Gasteiger partial charge >= 0.3 is 6.03 Å². The van der Waals surface area contributed by atoms with Crippen molar-refractivity contribution in [2.45, 2.75) is 25.9 Å². The Labute approximate surface area is 123 Å². The molecule has 0 radical (unpaired) electrons. The molecule has 20 heavy (non-hydrogen) atoms. The fourth-order valence-corrected chi connectivity index (χ4v) is 1.79. The first-order valence-corrected chi connectivity index (χ1v) is 6.76. The predicted molar refractivity (Wildman–Crippen MR) is 77.4 cm³/mol. The summed E-state index contributed by atoms with van der Waals surface area (Å²) in [6.45, 7) is 2.82. The van der Waals surface area contributed by atoms with Gasteiger partial charge in [-0.25, -0.2) is 9.18 Å². The molecule has 1 N–H and O–H groups in total. The molecule has 0 saturated carbocycles. The van der Waals surface area contributed by atoms with Gasteiger partial charge in [-0.05, 0) is 31.0 Å². The van der Waals surface area contributed by atoms with E-state index in [1.807, 2.05) is 6.92 Å². The number of rotatable bonds is 6. The van der Waals surface area contributed by atoms with Crippen LogP contribution in [0, 0.1) is 5.82 Å². The lowest BCUT2D eigenvalue weighted by molar-refractivity contribution is 0.177. The molecule has 1 aromatic rings. The Bertz CT molecular complexity index is 457. The third kappa shape index (κ3) is 5.35. The predicted octanol–water partition coefficient (Wildman–Crippen LogP) is 3.05. The summed E-state index contributed by atoms with van der Waals surface area (Å²) in [6.07, 6.45) is 0.742. The second-order valence-electron chi connectivity index (χ2n) is 4.74. The van der Waals surface area contributed by atoms with Crippen LogP contribution in [0.5, 0.6) is 0 Å². The average Bonchev–Trinajstić information content (AvgIpc) is 2.40. The highest BCUT2D eigenvalue weighted by Crippen LogP contribution is 2.16. The number of methoxy groups -OCH3 is 1. The molecule has 0 heterocycles. The van der Waals surface area contributed by atoms with Gasteiger partial charge in [0.15, 0.2) is 0 Å². The monoisotopic (exact) mass is 302 g/mol. The summed E-state index contributed by atoms with van der Waals surface area (Å²) in [6, 6.07) is 4.33. The maximum Gasteiger partial charge on any atom is 0.317 e. The van der Waals surface area contributed by atoms with E-state index in [0.29, 0.717) is 18.7 Å². The molecule has 0 aliphatic carbocycles. The van der Waals surface area contributed by atoms with E-state index in [1.54, 1.807) is 20.2 Å². The fourth-order valence-electron chi connectivity index (χ4n) is 1.67. The summed E-state index contributed by atoms with van der Waals surface area (Å²) in [5.41, 5.74) is 0.689. The van der Waals surface area contributed by atoms with Gasteiger partial charge < -0.3 is 15.0 Å². The molecule has 0 spiro atoms. The van der Waals surface area contributed by atoms with Crippen molar-refractivity contribution >= 4 is 17.6 Å². The summed E-state index contributed by atoms with van der Waals surface area (Å²) in [5.74, 6) is -0.480. The molecule has 0 aromatic heterocycles. The largest absolute Gasteiger partial charge is 0.385 e. The van der Waals surface area contributed by atoms with Crippen molar-refractivity contribution in [3.63, 3.8) is 0 Å². The van der Waals surface area contributed by atoms with Gasteiger partial charge in [0, 0.05) is 33.4 Å². The van der Waals surface area contributed by atoms with Gasteiger partial charge in [-0.15, -0.1) is 0 Å². The lowest BCUT2D eigenvalue weighted by Crippen LogP contribution is -2.41. The minimum Gasteiger partial charge on any atom is -0.385 e. The molecule has 0 aliphatic rings. The number of ether oxygens (including phenoxy) is 1. The first-order valence-electron chi connectivity index (χ1n) is 6.38. The van der Waals surface area contributed by atoms with Crippen LogP contribution >= 0.6 is 11.6 Å². The van der Waals surface area contributed by atoms with Crippen LogP contribution < -0.4 is 5.32 Å². The summed E-state index contributed by atoms with van der Waals surface area (Å²) in [7, 11) is 3.28. The molecule has 1 atom stereocenters. The number of urea groups is 1. The molecular weight excluding hydrogens is 283 g/mol. The van der Waals surface area contributed by atoms with E-state index in [2.05, 4.69) is 5.32 Å². The summed E-state index contributed by atoms with van der Waals surface area (Å²) >= 11 is 5.62. The van der Waals surface area contributed by atoms with Crippen LogP contribution in [-0.2, 0) is 11.3 Å². The van der Waals surface area contributed by atoms with E-state index in [-0.39, 0.29) is 17.1 Å². The number of carbonyl (C=O) groups is 1. The van der Waals surface area contributed by atoms with Gasteiger partial charge in [0.2, 0.25) is 0 Å². The summed E-state index contributed by atoms with van der Waals surface area (Å²) in [4.78, 5) is 13.4. The molecule has 0 bridgehead atoms. The average molecular weight is 303 g/mol. The Morgan fingerprint density at radius 2 is 2.25 bits per heavy atom. The van der Waals surface area contributed by atoms with Crippen molar-refractivity contribution in [1.82, 2.24) is 10.2 Å². The van der Waals surface area contributed by atoms with Crippen molar-refractivity contribution in [3.05, 3.63) is 34.6 Å². The molecule has 6 heteroatoms. The molecule has 1 rings (SSSR count). The topological polar surface area (TPSA) is 41.6 Å². The van der Waals surface area contributed by atoms with Crippen LogP contribution in [0.1, 0.15) is 18.9 Å². The zero-order chi connectivity index (χ0) is 15.1. The molecule has 1 aromatic carbocycles. The Hall–Kier alpha value is -1.33. The molecule has 0 aliphatic heterocycles. The van der Waals surface area contributed by atoms with Crippen molar-refractivity contribution in [1.29, 1.82) is 0 Å². The zero-order valence-corrected chi connectivity index (χ0v) is 12.7. The van der Waals surface area contributed by atoms with Crippen LogP contribution in [0.2, 0.25) is 5.02 Å². The second-order valence-corrected chi connectivity index (χ2v) is 5.14. The summed E-state index contributed by atoms with van der Waals surface area (Å²) in [5, 5.41) is 2.93. The minimum atomic E-state index is -0.480. The van der Waals surface area contributed by atoms with Gasteiger partial charge in [0.05, 0.1) is 5.02 Å².